The number of benzene rings is 1. The summed E-state index contributed by atoms with van der Waals surface area (Å²) in [6.45, 7) is 5.63. The highest BCUT2D eigenvalue weighted by Gasteiger charge is 2.33. The van der Waals surface area contributed by atoms with Crippen LogP contribution in [0, 0.1) is 19.7 Å². The number of carbonyl (C=O) groups is 1. The normalized spacial score (nSPS) is 16.9. The van der Waals surface area contributed by atoms with E-state index in [4.69, 9.17) is 4.74 Å². The zero-order valence-electron chi connectivity index (χ0n) is 16.5. The minimum atomic E-state index is -0.342. The molecule has 0 radical (unpaired) electrons. The van der Waals surface area contributed by atoms with Gasteiger partial charge in [-0.1, -0.05) is 12.1 Å². The van der Waals surface area contributed by atoms with Crippen molar-refractivity contribution in [2.75, 3.05) is 19.8 Å². The topological polar surface area (TPSA) is 78.1 Å². The zero-order chi connectivity index (χ0) is 20.4. The van der Waals surface area contributed by atoms with Gasteiger partial charge in [-0.2, -0.15) is 10.2 Å². The summed E-state index contributed by atoms with van der Waals surface area (Å²) in [5.41, 5.74) is 2.86. The first-order chi connectivity index (χ1) is 14.1. The Morgan fingerprint density at radius 1 is 1.31 bits per heavy atom. The molecule has 0 spiro atoms. The first-order valence-electron chi connectivity index (χ1n) is 9.57. The highest BCUT2D eigenvalue weighted by Crippen LogP contribution is 2.31. The lowest BCUT2D eigenvalue weighted by molar-refractivity contribution is -0.140. The predicted molar refractivity (Wildman–Crippen MR) is 103 cm³/mol. The average molecular weight is 398 g/mol. The molecule has 1 atom stereocenters. The lowest BCUT2D eigenvalue weighted by atomic mass is 10.0. The van der Waals surface area contributed by atoms with Crippen molar-refractivity contribution < 1.29 is 13.9 Å². The molecule has 3 aromatic rings. The Morgan fingerprint density at radius 2 is 2.14 bits per heavy atom. The molecule has 4 rings (SSSR count). The van der Waals surface area contributed by atoms with Crippen LogP contribution in [0.4, 0.5) is 4.39 Å². The van der Waals surface area contributed by atoms with Crippen LogP contribution in [0.3, 0.4) is 0 Å². The number of amides is 1. The number of morpholine rings is 1. The van der Waals surface area contributed by atoms with Crippen molar-refractivity contribution in [3.63, 3.8) is 0 Å². The largest absolute Gasteiger partial charge is 0.377 e. The quantitative estimate of drug-likeness (QED) is 0.659. The fourth-order valence-electron chi connectivity index (χ4n) is 3.84. The summed E-state index contributed by atoms with van der Waals surface area (Å²) in [4.78, 5) is 18.7. The first kappa shape index (κ1) is 19.3. The number of rotatable bonds is 5. The van der Waals surface area contributed by atoms with Crippen LogP contribution in [0.25, 0.3) is 5.69 Å². The molecule has 152 valence electrons. The molecular weight excluding hydrogens is 375 g/mol. The van der Waals surface area contributed by atoms with Gasteiger partial charge < -0.3 is 9.64 Å². The summed E-state index contributed by atoms with van der Waals surface area (Å²) >= 11 is 0. The molecule has 2 aromatic heterocycles. The number of para-hydroxylation sites is 1. The molecule has 1 fully saturated rings. The summed E-state index contributed by atoms with van der Waals surface area (Å²) in [5, 5.41) is 8.60. The van der Waals surface area contributed by atoms with Crippen molar-refractivity contribution in [2.24, 2.45) is 0 Å². The van der Waals surface area contributed by atoms with Crippen LogP contribution in [-0.4, -0.2) is 55.1 Å². The summed E-state index contributed by atoms with van der Waals surface area (Å²) in [5.74, 6) is -0.323. The van der Waals surface area contributed by atoms with E-state index in [1.54, 1.807) is 33.9 Å². The number of halogens is 1. The van der Waals surface area contributed by atoms with Crippen molar-refractivity contribution in [3.05, 3.63) is 59.7 Å². The second-order valence-electron chi connectivity index (χ2n) is 7.03. The van der Waals surface area contributed by atoms with E-state index >= 15 is 0 Å². The predicted octanol–water partition coefficient (Wildman–Crippen LogP) is 2.21. The highest BCUT2D eigenvalue weighted by molar-refractivity contribution is 5.77. The maximum Gasteiger partial charge on any atom is 0.225 e. The average Bonchev–Trinajstić information content (AvgIpc) is 3.34. The van der Waals surface area contributed by atoms with E-state index < -0.39 is 0 Å². The van der Waals surface area contributed by atoms with Crippen molar-refractivity contribution in [3.8, 4) is 5.69 Å². The molecule has 3 heterocycles. The van der Waals surface area contributed by atoms with Gasteiger partial charge in [0.15, 0.2) is 0 Å². The lowest BCUT2D eigenvalue weighted by Crippen LogP contribution is -2.44. The van der Waals surface area contributed by atoms with Gasteiger partial charge in [0.2, 0.25) is 5.91 Å². The Morgan fingerprint density at radius 3 is 2.90 bits per heavy atom. The molecule has 1 aliphatic heterocycles. The van der Waals surface area contributed by atoms with E-state index in [0.29, 0.717) is 38.4 Å². The van der Waals surface area contributed by atoms with Crippen LogP contribution < -0.4 is 0 Å². The fourth-order valence-corrected chi connectivity index (χ4v) is 3.84. The molecule has 0 bridgehead atoms. The summed E-state index contributed by atoms with van der Waals surface area (Å²) in [6, 6.07) is 6.27. The Bertz CT molecular complexity index is 1000. The minimum Gasteiger partial charge on any atom is -0.377 e. The molecule has 29 heavy (non-hydrogen) atoms. The Balaban J connectivity index is 1.61. The van der Waals surface area contributed by atoms with Gasteiger partial charge >= 0.3 is 0 Å². The number of hydrogen-bond acceptors (Lipinski definition) is 5. The van der Waals surface area contributed by atoms with Gasteiger partial charge in [-0.25, -0.2) is 14.1 Å². The third-order valence-corrected chi connectivity index (χ3v) is 5.23. The Hall–Kier alpha value is -3.07. The molecule has 1 aliphatic rings. The van der Waals surface area contributed by atoms with E-state index in [9.17, 15) is 9.18 Å². The maximum atomic E-state index is 14.3. The van der Waals surface area contributed by atoms with Crippen LogP contribution in [0.15, 0.2) is 36.9 Å². The monoisotopic (exact) mass is 398 g/mol. The number of aromatic nitrogens is 5. The van der Waals surface area contributed by atoms with E-state index in [-0.39, 0.29) is 17.8 Å². The van der Waals surface area contributed by atoms with Crippen LogP contribution in [0.1, 0.15) is 29.4 Å². The summed E-state index contributed by atoms with van der Waals surface area (Å²) < 4.78 is 23.2. The van der Waals surface area contributed by atoms with Crippen molar-refractivity contribution in [2.45, 2.75) is 32.9 Å². The molecule has 0 saturated carbocycles. The van der Waals surface area contributed by atoms with Crippen LogP contribution in [-0.2, 0) is 16.1 Å². The van der Waals surface area contributed by atoms with Gasteiger partial charge in [-0.15, -0.1) is 0 Å². The van der Waals surface area contributed by atoms with Gasteiger partial charge in [-0.3, -0.25) is 9.48 Å². The third-order valence-electron chi connectivity index (χ3n) is 5.23. The molecule has 0 N–H and O–H groups in total. The van der Waals surface area contributed by atoms with Gasteiger partial charge in [0.1, 0.15) is 24.2 Å². The standard InChI is InChI=1S/C20H23FN6O2/c1-14-20(15(2)27(24-14)17-6-4-3-5-16(17)21)18-11-29-10-9-26(18)19(28)7-8-25-13-22-12-23-25/h3-6,12-13,18H,7-11H2,1-2H3/t18-/m0/s1. The molecule has 8 nitrogen and oxygen atoms in total. The maximum absolute atomic E-state index is 14.3. The van der Waals surface area contributed by atoms with Crippen molar-refractivity contribution in [1.82, 2.24) is 29.4 Å². The minimum absolute atomic E-state index is 0.0197. The van der Waals surface area contributed by atoms with Gasteiger partial charge in [0, 0.05) is 24.2 Å². The number of ether oxygens (including phenoxy) is 1. The fraction of sp³-hybridized carbons (Fsp3) is 0.400. The van der Waals surface area contributed by atoms with Crippen LogP contribution in [0.5, 0.6) is 0 Å². The third kappa shape index (κ3) is 3.77. The number of nitrogens with zero attached hydrogens (tertiary/aromatic N) is 6. The van der Waals surface area contributed by atoms with E-state index in [1.807, 2.05) is 18.7 Å². The van der Waals surface area contributed by atoms with Crippen molar-refractivity contribution >= 4 is 5.91 Å². The molecule has 9 heteroatoms. The summed E-state index contributed by atoms with van der Waals surface area (Å²) in [6.07, 6.45) is 3.36. The molecular formula is C20H23FN6O2. The van der Waals surface area contributed by atoms with E-state index in [0.717, 1.165) is 17.0 Å². The molecule has 0 aliphatic carbocycles. The zero-order valence-corrected chi connectivity index (χ0v) is 16.5. The molecule has 1 amide bonds. The van der Waals surface area contributed by atoms with Crippen molar-refractivity contribution in [1.29, 1.82) is 0 Å². The van der Waals surface area contributed by atoms with Crippen LogP contribution >= 0.6 is 0 Å². The van der Waals surface area contributed by atoms with Gasteiger partial charge in [-0.05, 0) is 26.0 Å². The number of carbonyl (C=O) groups excluding carboxylic acids is 1. The van der Waals surface area contributed by atoms with Gasteiger partial charge in [0.25, 0.3) is 0 Å². The number of hydrogen-bond donors (Lipinski definition) is 0. The highest BCUT2D eigenvalue weighted by atomic mass is 19.1. The molecule has 1 saturated heterocycles. The molecule has 1 aromatic carbocycles. The van der Waals surface area contributed by atoms with Crippen LogP contribution in [0.2, 0.25) is 0 Å². The Kier molecular flexibility index (Phi) is 5.39. The second kappa shape index (κ2) is 8.12. The smallest absolute Gasteiger partial charge is 0.225 e. The molecule has 0 unspecified atom stereocenters. The summed E-state index contributed by atoms with van der Waals surface area (Å²) in [7, 11) is 0. The second-order valence-corrected chi connectivity index (χ2v) is 7.03. The van der Waals surface area contributed by atoms with E-state index in [2.05, 4.69) is 15.2 Å². The first-order valence-corrected chi connectivity index (χ1v) is 9.57. The lowest BCUT2D eigenvalue weighted by Gasteiger charge is -2.36. The van der Waals surface area contributed by atoms with Gasteiger partial charge in [0.05, 0.1) is 31.5 Å². The number of aryl methyl sites for hydroxylation is 2. The van der Waals surface area contributed by atoms with E-state index in [1.165, 1.54) is 12.4 Å². The SMILES string of the molecule is Cc1nn(-c2ccccc2F)c(C)c1[C@@H]1COCCN1C(=O)CCn1cncn1. The Labute approximate surface area is 167 Å².